The summed E-state index contributed by atoms with van der Waals surface area (Å²) in [6.07, 6.45) is 9.35. The Balaban J connectivity index is 0.000000132. The summed E-state index contributed by atoms with van der Waals surface area (Å²) < 4.78 is 148. The van der Waals surface area contributed by atoms with Gasteiger partial charge in [-0.3, -0.25) is 29.9 Å². The Morgan fingerprint density at radius 3 is 1.08 bits per heavy atom. The molecule has 18 rings (SSSR count). The lowest BCUT2D eigenvalue weighted by Crippen LogP contribution is -2.44. The monoisotopic (exact) mass is 1900 g/mol. The van der Waals surface area contributed by atoms with Crippen molar-refractivity contribution in [1.29, 1.82) is 0 Å². The topological polar surface area (TPSA) is 534 Å². The number of sulfonamides is 5. The number of benzene rings is 2. The fourth-order valence-corrected chi connectivity index (χ4v) is 18.8. The number of halogens is 1. The SMILES string of the molecule is Cc1nc(NS(=O)(=O)c2cc(Cl)cs2)nc(-c2ccccn2)n1.Cc1nc(NS(=O)(=O)c2cc(N3CCN(C)CC3)cs2)nc(-c2ccccn2)n1.Cc1nc(NS(=O)(=O)c2cc3ccccc3o2)nc(-c2ccccn2)n1.Cc1nc(NS(=O)(=O)c2ccc(-c3ccccc3)nc2)nc(-c2ccccn2)n1.Cc1nc(NS(=O)(=O)c2ccc(C)o2)nc(-c2ccccn2)n1. The Bertz CT molecular complexity index is 7250. The average Bonchev–Trinajstić information content (AvgIpc) is 1.51. The fourth-order valence-electron chi connectivity index (χ4n) is 11.6. The van der Waals surface area contributed by atoms with Crippen LogP contribution in [-0.4, -0.2) is 185 Å². The van der Waals surface area contributed by atoms with Gasteiger partial charge in [0, 0.05) is 96.8 Å². The molecule has 40 nitrogen and oxygen atoms in total. The molecular formula is C82H73ClN28O12S7. The molecule has 0 atom stereocenters. The van der Waals surface area contributed by atoms with Crippen molar-refractivity contribution in [2.24, 2.45) is 0 Å². The van der Waals surface area contributed by atoms with E-state index in [1.54, 1.807) is 200 Å². The standard InChI is InChI=1S/C20H16N6O2S.C18H21N7O2S2.C17H13N5O3S.C14H13N5O3S.C13H10ClN5O2S2/c1-14-23-19(18-9-5-6-12-21-18)25-20(24-14)26-29(27,28)16-10-11-17(22-13-16)15-7-3-2-4-8-15;1-13-20-17(15-5-3-4-6-19-15)22-18(21-13)23-29(26,27)16-11-14(12-28-16)25-9-7-24(2)8-10-25;1-11-19-16(13-7-4-5-9-18-13)21-17(20-11)22-26(23,24)15-10-12-6-2-3-8-14(12)25-15;1-9-6-7-12(22-9)23(20,21)19-14-17-10(2)16-13(18-14)11-5-3-4-8-15-11;1-8-16-12(10-4-2-3-5-15-10)18-13(17-8)19-23(20,21)11-6-9(14)7-22-11/h2-13H,1H3,(H,23,24,25,26);3-6,11-12H,7-10H2,1-2H3,(H,20,21,22,23);2-10H,1H3,(H,19,20,21,22);3-8H,1-2H3,(H,16,17,18,19);2-7H,1H3,(H,16,17,18,19). The van der Waals surface area contributed by atoms with Gasteiger partial charge < -0.3 is 18.6 Å². The van der Waals surface area contributed by atoms with Gasteiger partial charge in [0.25, 0.3) is 50.1 Å². The summed E-state index contributed by atoms with van der Waals surface area (Å²) >= 11 is 7.97. The molecule has 5 N–H and O–H groups in total. The highest BCUT2D eigenvalue weighted by Gasteiger charge is 2.28. The minimum atomic E-state index is -3.98. The van der Waals surface area contributed by atoms with Crippen LogP contribution in [0.4, 0.5) is 35.4 Å². The first kappa shape index (κ1) is 91.6. The van der Waals surface area contributed by atoms with Crippen LogP contribution in [0.3, 0.4) is 0 Å². The number of aryl methyl sites for hydroxylation is 6. The number of para-hydroxylation sites is 1. The number of pyridine rings is 6. The number of fused-ring (bicyclic) bond motifs is 1. The maximum Gasteiger partial charge on any atom is 0.297 e. The summed E-state index contributed by atoms with van der Waals surface area (Å²) in [5.41, 5.74) is 5.61. The maximum atomic E-state index is 12.9. The number of furan rings is 2. The fraction of sp³-hybridized carbons (Fsp3) is 0.134. The number of nitrogens with one attached hydrogen (secondary N) is 5. The second kappa shape index (κ2) is 40.6. The highest BCUT2D eigenvalue weighted by atomic mass is 35.5. The molecule has 1 aliphatic heterocycles. The van der Waals surface area contributed by atoms with Crippen LogP contribution in [0.1, 0.15) is 34.9 Å². The van der Waals surface area contributed by atoms with E-state index in [-0.39, 0.29) is 70.7 Å². The molecule has 48 heteroatoms. The van der Waals surface area contributed by atoms with Gasteiger partial charge >= 0.3 is 0 Å². The van der Waals surface area contributed by atoms with E-state index in [1.165, 1.54) is 47.2 Å². The van der Waals surface area contributed by atoms with Crippen LogP contribution < -0.4 is 28.5 Å². The first-order valence-corrected chi connectivity index (χ1v) is 48.0. The van der Waals surface area contributed by atoms with Crippen LogP contribution in [-0.2, 0) is 50.1 Å². The highest BCUT2D eigenvalue weighted by molar-refractivity contribution is 7.95. The summed E-state index contributed by atoms with van der Waals surface area (Å²) in [5, 5.41) is 4.04. The van der Waals surface area contributed by atoms with Gasteiger partial charge in [0.05, 0.1) is 10.7 Å². The smallest absolute Gasteiger partial charge is 0.297 e. The van der Waals surface area contributed by atoms with Gasteiger partial charge in [0.15, 0.2) is 29.1 Å². The van der Waals surface area contributed by atoms with Crippen molar-refractivity contribution in [1.82, 2.24) is 110 Å². The molecule has 1 fully saturated rings. The number of anilines is 6. The number of hydrogen-bond donors (Lipinski definition) is 5. The van der Waals surface area contributed by atoms with Gasteiger partial charge in [0.2, 0.25) is 39.9 Å². The van der Waals surface area contributed by atoms with Crippen LogP contribution in [0.15, 0.2) is 268 Å². The summed E-state index contributed by atoms with van der Waals surface area (Å²) in [6.45, 7) is 13.6. The average molecular weight is 1900 g/mol. The quantitative estimate of drug-likeness (QED) is 0.0421. The van der Waals surface area contributed by atoms with Gasteiger partial charge in [-0.05, 0) is 152 Å². The number of thiophene rings is 2. The lowest BCUT2D eigenvalue weighted by Gasteiger charge is -2.33. The van der Waals surface area contributed by atoms with Crippen LogP contribution >= 0.6 is 34.3 Å². The lowest BCUT2D eigenvalue weighted by atomic mass is 10.1. The van der Waals surface area contributed by atoms with E-state index in [0.717, 1.165) is 48.8 Å². The predicted molar refractivity (Wildman–Crippen MR) is 486 cm³/mol. The van der Waals surface area contributed by atoms with Crippen molar-refractivity contribution in [3.63, 3.8) is 0 Å². The van der Waals surface area contributed by atoms with E-state index in [9.17, 15) is 42.1 Å². The van der Waals surface area contributed by atoms with Crippen LogP contribution in [0, 0.1) is 41.5 Å². The Morgan fingerprint density at radius 2 is 0.715 bits per heavy atom. The molecule has 0 spiro atoms. The molecule has 0 aliphatic carbocycles. The second-order valence-electron chi connectivity index (χ2n) is 27.5. The molecule has 2 aromatic carbocycles. The van der Waals surface area contributed by atoms with E-state index in [4.69, 9.17) is 20.4 Å². The molecule has 1 aliphatic rings. The summed E-state index contributed by atoms with van der Waals surface area (Å²) in [7, 11) is -17.3. The van der Waals surface area contributed by atoms with Gasteiger partial charge in [-0.2, -0.15) is 66.7 Å². The first-order valence-electron chi connectivity index (χ1n) is 38.5. The minimum absolute atomic E-state index is 0.00892. The Kier molecular flexibility index (Phi) is 28.6. The van der Waals surface area contributed by atoms with Crippen LogP contribution in [0.25, 0.3) is 79.8 Å². The van der Waals surface area contributed by atoms with E-state index >= 15 is 0 Å². The molecule has 0 radical (unpaired) electrons. The Labute approximate surface area is 757 Å². The van der Waals surface area contributed by atoms with Crippen molar-refractivity contribution in [2.45, 2.75) is 65.0 Å². The summed E-state index contributed by atoms with van der Waals surface area (Å²) in [4.78, 5) is 91.6. The van der Waals surface area contributed by atoms with E-state index in [1.807, 2.05) is 41.8 Å². The van der Waals surface area contributed by atoms with Crippen molar-refractivity contribution >= 4 is 131 Å². The predicted octanol–water partition coefficient (Wildman–Crippen LogP) is 12.5. The van der Waals surface area contributed by atoms with Crippen molar-refractivity contribution in [3.05, 3.63) is 276 Å². The molecule has 0 unspecified atom stereocenters. The lowest BCUT2D eigenvalue weighted by molar-refractivity contribution is 0.313. The van der Waals surface area contributed by atoms with Gasteiger partial charge in [-0.25, -0.2) is 73.8 Å². The first-order chi connectivity index (χ1) is 62.3. The van der Waals surface area contributed by atoms with Crippen LogP contribution in [0.5, 0.6) is 0 Å². The molecule has 0 amide bonds. The molecule has 17 aromatic rings. The molecule has 1 saturated heterocycles. The third kappa shape index (κ3) is 24.4. The summed E-state index contributed by atoms with van der Waals surface area (Å²) in [5.74, 6) is 3.48. The molecule has 0 saturated carbocycles. The minimum Gasteiger partial charge on any atom is -0.448 e. The van der Waals surface area contributed by atoms with Gasteiger partial charge in [0.1, 0.15) is 82.2 Å². The van der Waals surface area contributed by atoms with Crippen molar-refractivity contribution in [2.75, 3.05) is 61.7 Å². The third-order valence-electron chi connectivity index (χ3n) is 17.6. The normalized spacial score (nSPS) is 12.3. The van der Waals surface area contributed by atoms with Gasteiger partial charge in [-0.1, -0.05) is 90.5 Å². The highest BCUT2D eigenvalue weighted by Crippen LogP contribution is 2.32. The second-order valence-corrected chi connectivity index (χ2v) is 38.4. The maximum absolute atomic E-state index is 12.9. The number of likely N-dealkylation sites (N-methyl/N-ethyl adjacent to an activating group) is 1. The number of rotatable bonds is 22. The Morgan fingerprint density at radius 1 is 0.338 bits per heavy atom. The van der Waals surface area contributed by atoms with E-state index in [0.29, 0.717) is 96.7 Å². The van der Waals surface area contributed by atoms with E-state index in [2.05, 4.69) is 145 Å². The number of piperazine rings is 1. The number of nitrogens with zero attached hydrogens (tertiary/aromatic N) is 23. The van der Waals surface area contributed by atoms with Crippen molar-refractivity contribution < 1.29 is 50.9 Å². The zero-order valence-electron chi connectivity index (χ0n) is 69.3. The largest absolute Gasteiger partial charge is 0.448 e. The number of aromatic nitrogens is 21. The zero-order chi connectivity index (χ0) is 91.7. The molecule has 662 valence electrons. The Hall–Kier alpha value is -14.6. The molecule has 15 aromatic heterocycles. The van der Waals surface area contributed by atoms with Crippen LogP contribution in [0.2, 0.25) is 5.02 Å². The summed E-state index contributed by atoms with van der Waals surface area (Å²) in [6, 6.07) is 53.6. The molecule has 0 bridgehead atoms. The third-order valence-corrected chi connectivity index (χ3v) is 27.2. The van der Waals surface area contributed by atoms with E-state index < -0.39 is 50.1 Å². The van der Waals surface area contributed by atoms with Crippen molar-refractivity contribution in [3.8, 4) is 68.8 Å². The molecule has 130 heavy (non-hydrogen) atoms. The number of hydrogen-bond acceptors (Lipinski definition) is 37. The zero-order valence-corrected chi connectivity index (χ0v) is 75.7. The molecular weight excluding hydrogens is 1830 g/mol. The molecule has 16 heterocycles. The van der Waals surface area contributed by atoms with Gasteiger partial charge in [-0.15, -0.1) is 22.7 Å².